The average molecular weight is 344 g/mol. The number of para-hydroxylation sites is 1. The van der Waals surface area contributed by atoms with E-state index in [1.807, 2.05) is 31.2 Å². The highest BCUT2D eigenvalue weighted by atomic mass is 32.2. The summed E-state index contributed by atoms with van der Waals surface area (Å²) in [5.41, 5.74) is 0.738. The summed E-state index contributed by atoms with van der Waals surface area (Å²) in [4.78, 5) is 26.2. The van der Waals surface area contributed by atoms with Crippen LogP contribution in [0.4, 0.5) is 11.5 Å². The van der Waals surface area contributed by atoms with Gasteiger partial charge in [-0.25, -0.2) is 4.68 Å². The number of anilines is 2. The fourth-order valence-corrected chi connectivity index (χ4v) is 3.59. The number of carbonyl (C=O) groups excluding carboxylic acids is 2. The minimum Gasteiger partial charge on any atom is -0.323 e. The van der Waals surface area contributed by atoms with E-state index < -0.39 is 4.75 Å². The highest BCUT2D eigenvalue weighted by Crippen LogP contribution is 2.42. The Bertz CT molecular complexity index is 788. The maximum Gasteiger partial charge on any atom is 0.251 e. The third-order valence-corrected chi connectivity index (χ3v) is 5.59. The van der Waals surface area contributed by atoms with Gasteiger partial charge in [0.15, 0.2) is 4.75 Å². The standard InChI is InChI=1S/C17H20N4O2S/c1-4-11(2)21-14(9-10-18-21)20-16(23)17(3)15(22)19-12-7-5-6-8-13(12)24-17/h5-11H,4H2,1-3H3,(H,19,22)(H,20,23). The van der Waals surface area contributed by atoms with Crippen molar-refractivity contribution in [2.24, 2.45) is 0 Å². The van der Waals surface area contributed by atoms with Gasteiger partial charge in [0.1, 0.15) is 5.82 Å². The molecule has 126 valence electrons. The van der Waals surface area contributed by atoms with Crippen molar-refractivity contribution in [2.45, 2.75) is 42.9 Å². The van der Waals surface area contributed by atoms with E-state index in [0.29, 0.717) is 5.82 Å². The van der Waals surface area contributed by atoms with Crippen molar-refractivity contribution < 1.29 is 9.59 Å². The first-order valence-corrected chi connectivity index (χ1v) is 8.72. The Labute approximate surface area is 145 Å². The molecule has 0 bridgehead atoms. The molecule has 0 radical (unpaired) electrons. The lowest BCUT2D eigenvalue weighted by molar-refractivity contribution is -0.126. The number of nitrogens with one attached hydrogen (secondary N) is 2. The van der Waals surface area contributed by atoms with Crippen LogP contribution < -0.4 is 10.6 Å². The van der Waals surface area contributed by atoms with E-state index in [0.717, 1.165) is 17.0 Å². The molecule has 1 aromatic carbocycles. The van der Waals surface area contributed by atoms with Gasteiger partial charge in [0.25, 0.3) is 5.91 Å². The molecule has 2 N–H and O–H groups in total. The Balaban J connectivity index is 1.85. The van der Waals surface area contributed by atoms with Crippen molar-refractivity contribution in [2.75, 3.05) is 10.6 Å². The Morgan fingerprint density at radius 2 is 2.17 bits per heavy atom. The number of amides is 2. The lowest BCUT2D eigenvalue weighted by Crippen LogP contribution is -2.49. The molecule has 24 heavy (non-hydrogen) atoms. The molecule has 3 rings (SSSR count). The van der Waals surface area contributed by atoms with Gasteiger partial charge in [-0.05, 0) is 32.4 Å². The fraction of sp³-hybridized carbons (Fsp3) is 0.353. The van der Waals surface area contributed by atoms with Crippen LogP contribution >= 0.6 is 11.8 Å². The van der Waals surface area contributed by atoms with E-state index in [1.165, 1.54) is 11.8 Å². The van der Waals surface area contributed by atoms with E-state index >= 15 is 0 Å². The van der Waals surface area contributed by atoms with Crippen LogP contribution in [0.5, 0.6) is 0 Å². The minimum absolute atomic E-state index is 0.164. The summed E-state index contributed by atoms with van der Waals surface area (Å²) in [5, 5.41) is 9.93. The van der Waals surface area contributed by atoms with Gasteiger partial charge < -0.3 is 10.6 Å². The first-order chi connectivity index (χ1) is 11.5. The second kappa shape index (κ2) is 6.32. The molecule has 0 spiro atoms. The van der Waals surface area contributed by atoms with Crippen LogP contribution in [0, 0.1) is 0 Å². The van der Waals surface area contributed by atoms with Crippen molar-refractivity contribution in [1.29, 1.82) is 0 Å². The molecule has 0 saturated carbocycles. The molecular weight excluding hydrogens is 324 g/mol. The number of rotatable bonds is 4. The second-order valence-electron chi connectivity index (χ2n) is 5.96. The number of carbonyl (C=O) groups is 2. The zero-order valence-corrected chi connectivity index (χ0v) is 14.7. The van der Waals surface area contributed by atoms with Crippen molar-refractivity contribution in [3.05, 3.63) is 36.5 Å². The van der Waals surface area contributed by atoms with Crippen molar-refractivity contribution >= 4 is 35.1 Å². The number of hydrogen-bond donors (Lipinski definition) is 2. The highest BCUT2D eigenvalue weighted by Gasteiger charge is 2.46. The van der Waals surface area contributed by atoms with Crippen molar-refractivity contribution in [3.8, 4) is 0 Å². The Morgan fingerprint density at radius 1 is 1.42 bits per heavy atom. The Morgan fingerprint density at radius 3 is 2.92 bits per heavy atom. The zero-order valence-electron chi connectivity index (χ0n) is 13.9. The number of hydrogen-bond acceptors (Lipinski definition) is 4. The van der Waals surface area contributed by atoms with E-state index in [1.54, 1.807) is 23.9 Å². The second-order valence-corrected chi connectivity index (χ2v) is 7.42. The molecule has 7 heteroatoms. The summed E-state index contributed by atoms with van der Waals surface area (Å²) < 4.78 is 0.527. The van der Waals surface area contributed by atoms with Gasteiger partial charge in [-0.2, -0.15) is 5.10 Å². The van der Waals surface area contributed by atoms with Gasteiger partial charge in [-0.15, -0.1) is 0 Å². The molecular formula is C17H20N4O2S. The van der Waals surface area contributed by atoms with Crippen LogP contribution in [0.1, 0.15) is 33.2 Å². The normalized spacial score (nSPS) is 20.9. The van der Waals surface area contributed by atoms with Gasteiger partial charge in [0.2, 0.25) is 5.91 Å². The Hall–Kier alpha value is -2.28. The first-order valence-electron chi connectivity index (χ1n) is 7.90. The van der Waals surface area contributed by atoms with E-state index in [2.05, 4.69) is 22.7 Å². The molecule has 0 saturated heterocycles. The quantitative estimate of drug-likeness (QED) is 0.835. The smallest absolute Gasteiger partial charge is 0.251 e. The van der Waals surface area contributed by atoms with Gasteiger partial charge >= 0.3 is 0 Å². The lowest BCUT2D eigenvalue weighted by Gasteiger charge is -2.31. The minimum atomic E-state index is -1.24. The first kappa shape index (κ1) is 16.6. The van der Waals surface area contributed by atoms with Gasteiger partial charge in [0.05, 0.1) is 17.9 Å². The monoisotopic (exact) mass is 344 g/mol. The molecule has 2 atom stereocenters. The fourth-order valence-electron chi connectivity index (χ4n) is 2.49. The maximum absolute atomic E-state index is 12.8. The van der Waals surface area contributed by atoms with Crippen LogP contribution in [0.15, 0.2) is 41.4 Å². The maximum atomic E-state index is 12.8. The topological polar surface area (TPSA) is 76.0 Å². The third kappa shape index (κ3) is 2.80. The molecule has 2 aromatic rings. The summed E-state index contributed by atoms with van der Waals surface area (Å²) >= 11 is 1.26. The summed E-state index contributed by atoms with van der Waals surface area (Å²) in [6.45, 7) is 5.73. The number of aromatic nitrogens is 2. The summed E-state index contributed by atoms with van der Waals surface area (Å²) in [6, 6.07) is 9.38. The SMILES string of the molecule is CCC(C)n1nccc1NC(=O)C1(C)Sc2ccccc2NC1=O. The molecule has 2 unspecified atom stereocenters. The highest BCUT2D eigenvalue weighted by molar-refractivity contribution is 8.02. The molecule has 2 heterocycles. The summed E-state index contributed by atoms with van der Waals surface area (Å²) in [5.74, 6) is -0.0781. The molecule has 2 amide bonds. The molecule has 6 nitrogen and oxygen atoms in total. The van der Waals surface area contributed by atoms with Gasteiger partial charge in [-0.1, -0.05) is 30.8 Å². The Kier molecular flexibility index (Phi) is 4.36. The average Bonchev–Trinajstić information content (AvgIpc) is 3.03. The van der Waals surface area contributed by atoms with Gasteiger partial charge in [0, 0.05) is 11.0 Å². The van der Waals surface area contributed by atoms with Crippen LogP contribution in [0.2, 0.25) is 0 Å². The predicted octanol–water partition coefficient (Wildman–Crippen LogP) is 3.30. The number of benzene rings is 1. The zero-order chi connectivity index (χ0) is 17.3. The van der Waals surface area contributed by atoms with E-state index in [9.17, 15) is 9.59 Å². The van der Waals surface area contributed by atoms with Crippen molar-refractivity contribution in [3.63, 3.8) is 0 Å². The van der Waals surface area contributed by atoms with Crippen LogP contribution in [0.25, 0.3) is 0 Å². The molecule has 1 aliphatic rings. The third-order valence-electron chi connectivity index (χ3n) is 4.24. The van der Waals surface area contributed by atoms with Crippen molar-refractivity contribution in [1.82, 2.24) is 9.78 Å². The predicted molar refractivity (Wildman–Crippen MR) is 95.2 cm³/mol. The number of nitrogens with zero attached hydrogens (tertiary/aromatic N) is 2. The number of thioether (sulfide) groups is 1. The number of fused-ring (bicyclic) bond motifs is 1. The molecule has 1 aliphatic heterocycles. The molecule has 0 aliphatic carbocycles. The summed E-state index contributed by atoms with van der Waals surface area (Å²) in [6.07, 6.45) is 2.54. The molecule has 0 fully saturated rings. The largest absolute Gasteiger partial charge is 0.323 e. The van der Waals surface area contributed by atoms with Crippen LogP contribution in [-0.4, -0.2) is 26.3 Å². The van der Waals surface area contributed by atoms with E-state index in [4.69, 9.17) is 0 Å². The molecule has 1 aromatic heterocycles. The van der Waals surface area contributed by atoms with Crippen LogP contribution in [0.3, 0.4) is 0 Å². The van der Waals surface area contributed by atoms with E-state index in [-0.39, 0.29) is 17.9 Å². The lowest BCUT2D eigenvalue weighted by atomic mass is 10.1. The summed E-state index contributed by atoms with van der Waals surface area (Å²) in [7, 11) is 0. The van der Waals surface area contributed by atoms with Gasteiger partial charge in [-0.3, -0.25) is 9.59 Å². The van der Waals surface area contributed by atoms with Crippen LogP contribution in [-0.2, 0) is 9.59 Å².